The molecule has 0 bridgehead atoms. The molecular formula is C11H20N2O5S2. The molecule has 1 saturated heterocycles. The molecule has 1 unspecified atom stereocenters. The van der Waals surface area contributed by atoms with Crippen LogP contribution in [0.1, 0.15) is 19.8 Å². The lowest BCUT2D eigenvalue weighted by atomic mass is 10.0. The summed E-state index contributed by atoms with van der Waals surface area (Å²) in [5, 5.41) is 14.0. The molecule has 1 aliphatic heterocycles. The van der Waals surface area contributed by atoms with E-state index in [-0.39, 0.29) is 11.5 Å². The van der Waals surface area contributed by atoms with E-state index < -0.39 is 33.4 Å². The van der Waals surface area contributed by atoms with Crippen molar-refractivity contribution in [3.8, 4) is 0 Å². The van der Waals surface area contributed by atoms with Crippen LogP contribution in [-0.4, -0.2) is 60.6 Å². The SMILES string of the molecule is CSCC[C@@H](NC(=O)NC1(C)CCS(=O)(=O)C1)C(=O)O. The molecule has 1 aliphatic rings. The number of hydrogen-bond acceptors (Lipinski definition) is 5. The van der Waals surface area contributed by atoms with Crippen molar-refractivity contribution in [3.05, 3.63) is 0 Å². The fourth-order valence-electron chi connectivity index (χ4n) is 2.07. The smallest absolute Gasteiger partial charge is 0.326 e. The third-order valence-electron chi connectivity index (χ3n) is 3.13. The van der Waals surface area contributed by atoms with E-state index >= 15 is 0 Å². The van der Waals surface area contributed by atoms with Crippen molar-refractivity contribution >= 4 is 33.6 Å². The van der Waals surface area contributed by atoms with Crippen LogP contribution < -0.4 is 10.6 Å². The Morgan fingerprint density at radius 3 is 2.55 bits per heavy atom. The molecule has 0 aliphatic carbocycles. The van der Waals surface area contributed by atoms with Crippen molar-refractivity contribution in [2.75, 3.05) is 23.5 Å². The van der Waals surface area contributed by atoms with Gasteiger partial charge in [0.05, 0.1) is 17.0 Å². The van der Waals surface area contributed by atoms with Crippen molar-refractivity contribution in [1.29, 1.82) is 0 Å². The molecule has 0 aromatic heterocycles. The van der Waals surface area contributed by atoms with Crippen LogP contribution in [0.15, 0.2) is 0 Å². The van der Waals surface area contributed by atoms with Gasteiger partial charge in [-0.3, -0.25) is 0 Å². The fraction of sp³-hybridized carbons (Fsp3) is 0.818. The largest absolute Gasteiger partial charge is 0.480 e. The monoisotopic (exact) mass is 324 g/mol. The number of carboxylic acid groups (broad SMARTS) is 1. The average molecular weight is 324 g/mol. The summed E-state index contributed by atoms with van der Waals surface area (Å²) in [5.74, 6) is -0.560. The number of hydrogen-bond donors (Lipinski definition) is 3. The number of thioether (sulfide) groups is 1. The Morgan fingerprint density at radius 1 is 1.45 bits per heavy atom. The summed E-state index contributed by atoms with van der Waals surface area (Å²) in [6.07, 6.45) is 2.51. The Kier molecular flexibility index (Phi) is 5.69. The molecule has 20 heavy (non-hydrogen) atoms. The van der Waals surface area contributed by atoms with Gasteiger partial charge in [0, 0.05) is 0 Å². The van der Waals surface area contributed by atoms with Gasteiger partial charge < -0.3 is 15.7 Å². The molecule has 3 N–H and O–H groups in total. The Balaban J connectivity index is 2.56. The normalized spacial score (nSPS) is 25.9. The maximum absolute atomic E-state index is 11.8. The van der Waals surface area contributed by atoms with Gasteiger partial charge in [-0.25, -0.2) is 18.0 Å². The van der Waals surface area contributed by atoms with Crippen LogP contribution in [0.4, 0.5) is 4.79 Å². The summed E-state index contributed by atoms with van der Waals surface area (Å²) < 4.78 is 22.9. The zero-order valence-corrected chi connectivity index (χ0v) is 13.1. The highest BCUT2D eigenvalue weighted by molar-refractivity contribution is 7.98. The molecular weight excluding hydrogens is 304 g/mol. The predicted molar refractivity (Wildman–Crippen MR) is 77.8 cm³/mol. The van der Waals surface area contributed by atoms with Gasteiger partial charge in [-0.15, -0.1) is 0 Å². The molecule has 1 heterocycles. The highest BCUT2D eigenvalue weighted by Gasteiger charge is 2.39. The number of carbonyl (C=O) groups is 2. The Morgan fingerprint density at radius 2 is 2.10 bits per heavy atom. The van der Waals surface area contributed by atoms with E-state index in [1.807, 2.05) is 6.26 Å². The number of carbonyl (C=O) groups excluding carboxylic acids is 1. The highest BCUT2D eigenvalue weighted by atomic mass is 32.2. The van der Waals surface area contributed by atoms with Crippen LogP contribution in [-0.2, 0) is 14.6 Å². The van der Waals surface area contributed by atoms with E-state index in [1.165, 1.54) is 11.8 Å². The Hall–Kier alpha value is -0.960. The third-order valence-corrected chi connectivity index (χ3v) is 5.68. The lowest BCUT2D eigenvalue weighted by Crippen LogP contribution is -2.54. The highest BCUT2D eigenvalue weighted by Crippen LogP contribution is 2.22. The van der Waals surface area contributed by atoms with Crippen molar-refractivity contribution in [1.82, 2.24) is 10.6 Å². The van der Waals surface area contributed by atoms with Crippen molar-refractivity contribution in [3.63, 3.8) is 0 Å². The summed E-state index contributed by atoms with van der Waals surface area (Å²) >= 11 is 1.49. The standard InChI is InChI=1S/C11H20N2O5S2/c1-11(4-6-20(17,18)7-11)13-10(16)12-8(9(14)15)3-5-19-2/h8H,3-7H2,1-2H3,(H,14,15)(H2,12,13,16)/t8-,11?/m1/s1. The van der Waals surface area contributed by atoms with Gasteiger partial charge >= 0.3 is 12.0 Å². The van der Waals surface area contributed by atoms with E-state index in [2.05, 4.69) is 10.6 Å². The molecule has 2 atom stereocenters. The molecule has 0 spiro atoms. The second-order valence-corrected chi connectivity index (χ2v) is 8.34. The Bertz CT molecular complexity index is 479. The molecule has 1 rings (SSSR count). The second-order valence-electron chi connectivity index (χ2n) is 5.17. The molecule has 0 aromatic rings. The lowest BCUT2D eigenvalue weighted by Gasteiger charge is -2.25. The predicted octanol–water partition coefficient (Wildman–Crippen LogP) is 0.0691. The van der Waals surface area contributed by atoms with Crippen molar-refractivity contribution in [2.45, 2.75) is 31.3 Å². The maximum atomic E-state index is 11.8. The van der Waals surface area contributed by atoms with Gasteiger partial charge in [0.1, 0.15) is 6.04 Å². The van der Waals surface area contributed by atoms with Gasteiger partial charge in [0.15, 0.2) is 9.84 Å². The minimum atomic E-state index is -3.12. The van der Waals surface area contributed by atoms with E-state index in [4.69, 9.17) is 5.11 Å². The fourth-order valence-corrected chi connectivity index (χ4v) is 4.64. The molecule has 2 amide bonds. The first-order chi connectivity index (χ1) is 9.17. The van der Waals surface area contributed by atoms with Crippen LogP contribution in [0.25, 0.3) is 0 Å². The van der Waals surface area contributed by atoms with Gasteiger partial charge in [-0.1, -0.05) is 0 Å². The van der Waals surface area contributed by atoms with Gasteiger partial charge in [-0.05, 0) is 31.8 Å². The van der Waals surface area contributed by atoms with Gasteiger partial charge in [0.25, 0.3) is 0 Å². The molecule has 7 nitrogen and oxygen atoms in total. The first kappa shape index (κ1) is 17.1. The topological polar surface area (TPSA) is 113 Å². The number of aliphatic carboxylic acids is 1. The number of carboxylic acids is 1. The van der Waals surface area contributed by atoms with Crippen LogP contribution in [0, 0.1) is 0 Å². The summed E-state index contributed by atoms with van der Waals surface area (Å²) in [7, 11) is -3.12. The number of rotatable bonds is 6. The van der Waals surface area contributed by atoms with E-state index in [9.17, 15) is 18.0 Å². The van der Waals surface area contributed by atoms with Gasteiger partial charge in [0.2, 0.25) is 0 Å². The molecule has 0 saturated carbocycles. The minimum Gasteiger partial charge on any atom is -0.480 e. The zero-order chi connectivity index (χ0) is 15.4. The first-order valence-corrected chi connectivity index (χ1v) is 9.40. The quantitative estimate of drug-likeness (QED) is 0.637. The summed E-state index contributed by atoms with van der Waals surface area (Å²) in [5.41, 5.74) is -0.828. The zero-order valence-electron chi connectivity index (χ0n) is 11.5. The molecule has 9 heteroatoms. The second kappa shape index (κ2) is 6.66. The van der Waals surface area contributed by atoms with Gasteiger partial charge in [-0.2, -0.15) is 11.8 Å². The van der Waals surface area contributed by atoms with Crippen LogP contribution in [0.5, 0.6) is 0 Å². The third kappa shape index (κ3) is 5.20. The number of sulfone groups is 1. The molecule has 0 radical (unpaired) electrons. The first-order valence-electron chi connectivity index (χ1n) is 6.18. The summed E-state index contributed by atoms with van der Waals surface area (Å²) in [6, 6.07) is -1.61. The number of nitrogens with one attached hydrogen (secondary N) is 2. The summed E-state index contributed by atoms with van der Waals surface area (Å²) in [4.78, 5) is 22.8. The molecule has 1 fully saturated rings. The maximum Gasteiger partial charge on any atom is 0.326 e. The van der Waals surface area contributed by atoms with E-state index in [0.29, 0.717) is 18.6 Å². The number of urea groups is 1. The minimum absolute atomic E-state index is 0.0403. The van der Waals surface area contributed by atoms with Crippen molar-refractivity contribution < 1.29 is 23.1 Å². The lowest BCUT2D eigenvalue weighted by molar-refractivity contribution is -0.139. The molecule has 0 aromatic carbocycles. The number of amides is 2. The molecule has 116 valence electrons. The van der Waals surface area contributed by atoms with Crippen LogP contribution in [0.3, 0.4) is 0 Å². The van der Waals surface area contributed by atoms with Crippen LogP contribution in [0.2, 0.25) is 0 Å². The average Bonchev–Trinajstić information content (AvgIpc) is 2.58. The van der Waals surface area contributed by atoms with Crippen LogP contribution >= 0.6 is 11.8 Å². The summed E-state index contributed by atoms with van der Waals surface area (Å²) in [6.45, 7) is 1.65. The van der Waals surface area contributed by atoms with E-state index in [0.717, 1.165) is 0 Å². The Labute approximate surface area is 122 Å². The van der Waals surface area contributed by atoms with Crippen molar-refractivity contribution in [2.24, 2.45) is 0 Å². The van der Waals surface area contributed by atoms with E-state index in [1.54, 1.807) is 6.92 Å².